The van der Waals surface area contributed by atoms with Gasteiger partial charge in [0.1, 0.15) is 0 Å². The minimum absolute atomic E-state index is 0.732. The summed E-state index contributed by atoms with van der Waals surface area (Å²) in [5.74, 6) is 0.850. The summed E-state index contributed by atoms with van der Waals surface area (Å²) in [4.78, 5) is 2.67. The smallest absolute Gasteiger partial charge is 0.0239 e. The molecular weight excluding hydrogens is 244 g/mol. The van der Waals surface area contributed by atoms with E-state index in [-0.39, 0.29) is 0 Å². The van der Waals surface area contributed by atoms with Crippen molar-refractivity contribution in [3.8, 4) is 0 Å². The van der Waals surface area contributed by atoms with Crippen LogP contribution in [0.1, 0.15) is 50.7 Å². The van der Waals surface area contributed by atoms with Crippen molar-refractivity contribution in [2.75, 3.05) is 6.54 Å². The van der Waals surface area contributed by atoms with Gasteiger partial charge >= 0.3 is 0 Å². The van der Waals surface area contributed by atoms with E-state index < -0.39 is 0 Å². The Morgan fingerprint density at radius 3 is 2.55 bits per heavy atom. The monoisotopic (exact) mass is 272 g/mol. The van der Waals surface area contributed by atoms with Gasteiger partial charge in [0, 0.05) is 31.7 Å². The fourth-order valence-electron chi connectivity index (χ4n) is 3.24. The molecule has 1 aliphatic heterocycles. The van der Waals surface area contributed by atoms with Crippen LogP contribution >= 0.6 is 0 Å². The first-order chi connectivity index (χ1) is 9.72. The number of likely N-dealkylation sites (tertiary alicyclic amines) is 1. The molecule has 1 saturated heterocycles. The molecule has 2 atom stereocenters. The second kappa shape index (κ2) is 6.28. The van der Waals surface area contributed by atoms with Gasteiger partial charge in [-0.1, -0.05) is 31.2 Å². The molecule has 1 N–H and O–H groups in total. The molecule has 1 heterocycles. The van der Waals surface area contributed by atoms with Crippen LogP contribution in [-0.4, -0.2) is 23.5 Å². The van der Waals surface area contributed by atoms with Crippen LogP contribution in [0.3, 0.4) is 0 Å². The lowest BCUT2D eigenvalue weighted by Gasteiger charge is -2.37. The standard InChI is InChI=1S/C18H28N2/c1-14-7-8-15(2)20(12-14)13-17-6-4-3-5-16(17)11-19-18-9-10-18/h3-6,14-15,18-19H,7-13H2,1-2H3. The van der Waals surface area contributed by atoms with E-state index in [1.807, 2.05) is 0 Å². The van der Waals surface area contributed by atoms with Crippen LogP contribution < -0.4 is 5.32 Å². The van der Waals surface area contributed by atoms with Crippen LogP contribution in [0.5, 0.6) is 0 Å². The van der Waals surface area contributed by atoms with Crippen molar-refractivity contribution in [1.29, 1.82) is 0 Å². The molecule has 2 nitrogen and oxygen atoms in total. The summed E-state index contributed by atoms with van der Waals surface area (Å²) >= 11 is 0. The van der Waals surface area contributed by atoms with E-state index in [2.05, 4.69) is 48.3 Å². The van der Waals surface area contributed by atoms with Gasteiger partial charge in [-0.15, -0.1) is 0 Å². The van der Waals surface area contributed by atoms with Gasteiger partial charge in [0.05, 0.1) is 0 Å². The number of piperidine rings is 1. The Balaban J connectivity index is 1.65. The molecule has 1 aromatic rings. The summed E-state index contributed by atoms with van der Waals surface area (Å²) in [6.07, 6.45) is 5.47. The summed E-state index contributed by atoms with van der Waals surface area (Å²) in [6.45, 7) is 8.19. The number of hydrogen-bond acceptors (Lipinski definition) is 2. The highest BCUT2D eigenvalue weighted by Crippen LogP contribution is 2.25. The van der Waals surface area contributed by atoms with E-state index in [0.29, 0.717) is 0 Å². The largest absolute Gasteiger partial charge is 0.310 e. The van der Waals surface area contributed by atoms with Crippen LogP contribution in [-0.2, 0) is 13.1 Å². The first-order valence-electron chi connectivity index (χ1n) is 8.26. The van der Waals surface area contributed by atoms with Gasteiger partial charge < -0.3 is 5.32 Å². The first kappa shape index (κ1) is 14.1. The van der Waals surface area contributed by atoms with Crippen molar-refractivity contribution >= 4 is 0 Å². The maximum Gasteiger partial charge on any atom is 0.0239 e. The Morgan fingerprint density at radius 2 is 1.80 bits per heavy atom. The zero-order chi connectivity index (χ0) is 13.9. The molecule has 110 valence electrons. The van der Waals surface area contributed by atoms with Crippen LogP contribution in [0.25, 0.3) is 0 Å². The van der Waals surface area contributed by atoms with Gasteiger partial charge in [0.2, 0.25) is 0 Å². The maximum atomic E-state index is 3.65. The predicted octanol–water partition coefficient (Wildman–Crippen LogP) is 3.56. The lowest BCUT2D eigenvalue weighted by atomic mass is 9.94. The van der Waals surface area contributed by atoms with E-state index in [9.17, 15) is 0 Å². The summed E-state index contributed by atoms with van der Waals surface area (Å²) < 4.78 is 0. The number of benzene rings is 1. The fourth-order valence-corrected chi connectivity index (χ4v) is 3.24. The number of rotatable bonds is 5. The summed E-state index contributed by atoms with van der Waals surface area (Å²) in [5, 5.41) is 3.65. The zero-order valence-corrected chi connectivity index (χ0v) is 12.9. The van der Waals surface area contributed by atoms with E-state index in [1.54, 1.807) is 0 Å². The Kier molecular flexibility index (Phi) is 4.42. The molecule has 3 rings (SSSR count). The number of nitrogens with zero attached hydrogens (tertiary/aromatic N) is 1. The topological polar surface area (TPSA) is 15.3 Å². The SMILES string of the molecule is CC1CCC(C)N(Cc2ccccc2CNC2CC2)C1. The van der Waals surface area contributed by atoms with Crippen molar-refractivity contribution < 1.29 is 0 Å². The molecule has 0 aromatic heterocycles. The lowest BCUT2D eigenvalue weighted by molar-refractivity contribution is 0.117. The molecular formula is C18H28N2. The average molecular weight is 272 g/mol. The molecule has 0 radical (unpaired) electrons. The predicted molar refractivity (Wildman–Crippen MR) is 84.6 cm³/mol. The molecule has 0 spiro atoms. The van der Waals surface area contributed by atoms with Crippen molar-refractivity contribution in [1.82, 2.24) is 10.2 Å². The van der Waals surface area contributed by atoms with Gasteiger partial charge in [-0.3, -0.25) is 4.90 Å². The lowest BCUT2D eigenvalue weighted by Crippen LogP contribution is -2.40. The molecule has 2 heteroatoms. The third-order valence-electron chi connectivity index (χ3n) is 4.90. The highest BCUT2D eigenvalue weighted by molar-refractivity contribution is 5.27. The molecule has 2 fully saturated rings. The quantitative estimate of drug-likeness (QED) is 0.881. The normalized spacial score (nSPS) is 27.7. The van der Waals surface area contributed by atoms with Crippen LogP contribution in [0.2, 0.25) is 0 Å². The van der Waals surface area contributed by atoms with Crippen LogP contribution in [0.4, 0.5) is 0 Å². The van der Waals surface area contributed by atoms with Gasteiger partial charge in [-0.05, 0) is 49.7 Å². The molecule has 2 unspecified atom stereocenters. The second-order valence-electron chi connectivity index (χ2n) is 6.88. The molecule has 20 heavy (non-hydrogen) atoms. The fraction of sp³-hybridized carbons (Fsp3) is 0.667. The second-order valence-corrected chi connectivity index (χ2v) is 6.88. The molecule has 1 saturated carbocycles. The molecule has 1 aromatic carbocycles. The Hall–Kier alpha value is -0.860. The van der Waals surface area contributed by atoms with E-state index >= 15 is 0 Å². The molecule has 1 aliphatic carbocycles. The van der Waals surface area contributed by atoms with Gasteiger partial charge in [-0.25, -0.2) is 0 Å². The highest BCUT2D eigenvalue weighted by atomic mass is 15.2. The first-order valence-corrected chi connectivity index (χ1v) is 8.26. The zero-order valence-electron chi connectivity index (χ0n) is 12.9. The summed E-state index contributed by atoms with van der Waals surface area (Å²) in [6, 6.07) is 10.5. The van der Waals surface area contributed by atoms with Crippen molar-refractivity contribution in [3.05, 3.63) is 35.4 Å². The Morgan fingerprint density at radius 1 is 1.05 bits per heavy atom. The van der Waals surface area contributed by atoms with Crippen LogP contribution in [0, 0.1) is 5.92 Å². The van der Waals surface area contributed by atoms with Crippen molar-refractivity contribution in [2.45, 2.75) is 64.7 Å². The summed E-state index contributed by atoms with van der Waals surface area (Å²) in [7, 11) is 0. The van der Waals surface area contributed by atoms with Crippen molar-refractivity contribution in [3.63, 3.8) is 0 Å². The van der Waals surface area contributed by atoms with Gasteiger partial charge in [0.15, 0.2) is 0 Å². The molecule has 0 bridgehead atoms. The summed E-state index contributed by atoms with van der Waals surface area (Å²) in [5.41, 5.74) is 3.01. The number of nitrogens with one attached hydrogen (secondary N) is 1. The van der Waals surface area contributed by atoms with E-state index in [0.717, 1.165) is 31.1 Å². The van der Waals surface area contributed by atoms with Gasteiger partial charge in [0.25, 0.3) is 0 Å². The Bertz CT molecular complexity index is 439. The molecule has 2 aliphatic rings. The molecule has 0 amide bonds. The van der Waals surface area contributed by atoms with Crippen molar-refractivity contribution in [2.24, 2.45) is 5.92 Å². The number of hydrogen-bond donors (Lipinski definition) is 1. The highest BCUT2D eigenvalue weighted by Gasteiger charge is 2.24. The maximum absolute atomic E-state index is 3.65. The van der Waals surface area contributed by atoms with E-state index in [4.69, 9.17) is 0 Å². The minimum Gasteiger partial charge on any atom is -0.310 e. The minimum atomic E-state index is 0.732. The third-order valence-corrected chi connectivity index (χ3v) is 4.90. The average Bonchev–Trinajstić information content (AvgIpc) is 3.26. The van der Waals surface area contributed by atoms with Gasteiger partial charge in [-0.2, -0.15) is 0 Å². The van der Waals surface area contributed by atoms with E-state index in [1.165, 1.54) is 43.4 Å². The Labute approximate surface area is 123 Å². The third kappa shape index (κ3) is 3.62. The van der Waals surface area contributed by atoms with Crippen LogP contribution in [0.15, 0.2) is 24.3 Å².